The molecule has 116 valence electrons. The molecule has 1 aliphatic heterocycles. The molecule has 3 aliphatic rings. The first-order valence-corrected chi connectivity index (χ1v) is 7.39. The van der Waals surface area contributed by atoms with Gasteiger partial charge in [-0.25, -0.2) is 9.89 Å². The highest BCUT2D eigenvalue weighted by Crippen LogP contribution is 2.42. The SMILES string of the molecule is C=COC(=O)C1=CC2c3n[nH]c(=O)c4c3C(=CCC4)OC2C=C1. The first-order chi connectivity index (χ1) is 11.2. The van der Waals surface area contributed by atoms with Crippen LogP contribution in [0.1, 0.15) is 29.2 Å². The van der Waals surface area contributed by atoms with Gasteiger partial charge in [-0.05, 0) is 31.1 Å². The van der Waals surface area contributed by atoms with Gasteiger partial charge in [-0.3, -0.25) is 4.79 Å². The summed E-state index contributed by atoms with van der Waals surface area (Å²) in [6, 6.07) is 0. The molecule has 6 heteroatoms. The third-order valence-electron chi connectivity index (χ3n) is 4.26. The van der Waals surface area contributed by atoms with E-state index in [0.29, 0.717) is 23.3 Å². The summed E-state index contributed by atoms with van der Waals surface area (Å²) in [6.07, 6.45) is 9.52. The van der Waals surface area contributed by atoms with Gasteiger partial charge >= 0.3 is 5.97 Å². The normalized spacial score (nSPS) is 23.7. The van der Waals surface area contributed by atoms with E-state index in [1.165, 1.54) is 0 Å². The fourth-order valence-electron chi connectivity index (χ4n) is 3.25. The molecular weight excluding hydrogens is 296 g/mol. The molecule has 0 saturated heterocycles. The highest BCUT2D eigenvalue weighted by atomic mass is 16.5. The molecule has 2 atom stereocenters. The number of fused-ring (bicyclic) bond motifs is 2. The van der Waals surface area contributed by atoms with Crippen LogP contribution >= 0.6 is 0 Å². The van der Waals surface area contributed by atoms with Crippen LogP contribution in [-0.2, 0) is 20.7 Å². The zero-order valence-corrected chi connectivity index (χ0v) is 12.2. The molecule has 1 aromatic rings. The summed E-state index contributed by atoms with van der Waals surface area (Å²) in [5.74, 6) is -0.0150. The van der Waals surface area contributed by atoms with Gasteiger partial charge in [-0.15, -0.1) is 0 Å². The van der Waals surface area contributed by atoms with Crippen LogP contribution in [0.2, 0.25) is 0 Å². The molecule has 2 aliphatic carbocycles. The van der Waals surface area contributed by atoms with Crippen LogP contribution < -0.4 is 5.56 Å². The molecule has 2 unspecified atom stereocenters. The monoisotopic (exact) mass is 310 g/mol. The number of hydrogen-bond donors (Lipinski definition) is 1. The van der Waals surface area contributed by atoms with Crippen molar-refractivity contribution in [2.45, 2.75) is 24.9 Å². The maximum Gasteiger partial charge on any atom is 0.342 e. The Hall–Kier alpha value is -2.89. The van der Waals surface area contributed by atoms with Crippen molar-refractivity contribution in [3.8, 4) is 0 Å². The molecule has 4 rings (SSSR count). The van der Waals surface area contributed by atoms with Crippen LogP contribution in [0.3, 0.4) is 0 Å². The number of nitrogens with zero attached hydrogens (tertiary/aromatic N) is 1. The van der Waals surface area contributed by atoms with Crippen LogP contribution in [-0.4, -0.2) is 22.3 Å². The van der Waals surface area contributed by atoms with E-state index in [4.69, 9.17) is 9.47 Å². The van der Waals surface area contributed by atoms with Crippen molar-refractivity contribution in [1.82, 2.24) is 10.2 Å². The third kappa shape index (κ3) is 2.06. The number of esters is 1. The highest BCUT2D eigenvalue weighted by molar-refractivity contribution is 5.92. The number of aromatic amines is 1. The van der Waals surface area contributed by atoms with Gasteiger partial charge in [0.15, 0.2) is 0 Å². The fraction of sp³-hybridized carbons (Fsp3) is 0.235. The Morgan fingerprint density at radius 1 is 1.52 bits per heavy atom. The van der Waals surface area contributed by atoms with E-state index in [1.54, 1.807) is 12.2 Å². The Kier molecular flexibility index (Phi) is 3.04. The molecule has 0 aromatic carbocycles. The molecule has 6 nitrogen and oxygen atoms in total. The van der Waals surface area contributed by atoms with E-state index in [1.807, 2.05) is 12.2 Å². The lowest BCUT2D eigenvalue weighted by Crippen LogP contribution is -2.33. The Balaban J connectivity index is 1.84. The van der Waals surface area contributed by atoms with Crippen molar-refractivity contribution < 1.29 is 14.3 Å². The number of hydrogen-bond acceptors (Lipinski definition) is 5. The standard InChI is InChI=1S/C17H14N2O4/c1-2-22-17(21)9-6-7-12-11(8-9)15-14-10(16(20)19-18-15)4-3-5-13(14)23-12/h2,5-8,11-12H,1,3-4H2,(H,19,20). The Labute approximate surface area is 131 Å². The van der Waals surface area contributed by atoms with E-state index in [-0.39, 0.29) is 17.6 Å². The molecule has 0 amide bonds. The average molecular weight is 310 g/mol. The van der Waals surface area contributed by atoms with Crippen LogP contribution in [0.5, 0.6) is 0 Å². The lowest BCUT2D eigenvalue weighted by molar-refractivity contribution is -0.133. The smallest absolute Gasteiger partial charge is 0.342 e. The van der Waals surface area contributed by atoms with Gasteiger partial charge in [0.05, 0.1) is 23.4 Å². The van der Waals surface area contributed by atoms with Gasteiger partial charge in [0.1, 0.15) is 11.9 Å². The van der Waals surface area contributed by atoms with E-state index in [0.717, 1.165) is 23.9 Å². The van der Waals surface area contributed by atoms with Crippen molar-refractivity contribution in [2.75, 3.05) is 0 Å². The zero-order valence-electron chi connectivity index (χ0n) is 12.2. The fourth-order valence-corrected chi connectivity index (χ4v) is 3.25. The number of H-pyrrole nitrogens is 1. The number of ether oxygens (including phenoxy) is 2. The van der Waals surface area contributed by atoms with Crippen molar-refractivity contribution in [3.05, 3.63) is 69.9 Å². The van der Waals surface area contributed by atoms with Crippen molar-refractivity contribution in [1.29, 1.82) is 0 Å². The Morgan fingerprint density at radius 3 is 3.22 bits per heavy atom. The Bertz CT molecular complexity index is 860. The van der Waals surface area contributed by atoms with Crippen molar-refractivity contribution >= 4 is 11.7 Å². The number of allylic oxidation sites excluding steroid dienone is 1. The number of nitrogens with one attached hydrogen (secondary N) is 1. The molecule has 1 aromatic heterocycles. The molecule has 1 N–H and O–H groups in total. The zero-order chi connectivity index (χ0) is 16.0. The molecule has 23 heavy (non-hydrogen) atoms. The second-order valence-electron chi connectivity index (χ2n) is 5.56. The van der Waals surface area contributed by atoms with Gasteiger partial charge in [0.2, 0.25) is 0 Å². The highest BCUT2D eigenvalue weighted by Gasteiger charge is 2.38. The quantitative estimate of drug-likeness (QED) is 0.664. The lowest BCUT2D eigenvalue weighted by Gasteiger charge is -2.35. The van der Waals surface area contributed by atoms with Gasteiger partial charge < -0.3 is 9.47 Å². The summed E-state index contributed by atoms with van der Waals surface area (Å²) in [5, 5.41) is 6.79. The van der Waals surface area contributed by atoms with Gasteiger partial charge in [0.25, 0.3) is 5.56 Å². The minimum absolute atomic E-state index is 0.182. The topological polar surface area (TPSA) is 81.3 Å². The number of rotatable bonds is 2. The molecule has 0 spiro atoms. The maximum atomic E-state index is 12.0. The molecule has 0 saturated carbocycles. The second-order valence-corrected chi connectivity index (χ2v) is 5.56. The predicted molar refractivity (Wildman–Crippen MR) is 82.3 cm³/mol. The summed E-state index contributed by atoms with van der Waals surface area (Å²) in [4.78, 5) is 23.9. The van der Waals surface area contributed by atoms with Gasteiger partial charge in [-0.1, -0.05) is 12.7 Å². The molecular formula is C17H14N2O4. The summed E-state index contributed by atoms with van der Waals surface area (Å²) in [5.41, 5.74) is 2.43. The van der Waals surface area contributed by atoms with Crippen LogP contribution in [0.4, 0.5) is 0 Å². The van der Waals surface area contributed by atoms with Gasteiger partial charge in [-0.2, -0.15) is 5.10 Å². The number of carbonyl (C=O) groups excluding carboxylic acids is 1. The molecule has 0 radical (unpaired) electrons. The van der Waals surface area contributed by atoms with E-state index >= 15 is 0 Å². The summed E-state index contributed by atoms with van der Waals surface area (Å²) >= 11 is 0. The minimum atomic E-state index is -0.477. The van der Waals surface area contributed by atoms with Crippen LogP contribution in [0.25, 0.3) is 5.76 Å². The minimum Gasteiger partial charge on any atom is -0.485 e. The first kappa shape index (κ1) is 13.8. The second kappa shape index (κ2) is 5.08. The predicted octanol–water partition coefficient (Wildman–Crippen LogP) is 1.72. The van der Waals surface area contributed by atoms with E-state index in [2.05, 4.69) is 16.8 Å². The van der Waals surface area contributed by atoms with Crippen LogP contribution in [0.15, 0.2) is 47.5 Å². The summed E-state index contributed by atoms with van der Waals surface area (Å²) in [7, 11) is 0. The van der Waals surface area contributed by atoms with Gasteiger partial charge in [0, 0.05) is 11.1 Å². The first-order valence-electron chi connectivity index (χ1n) is 7.39. The maximum absolute atomic E-state index is 12.0. The molecule has 0 bridgehead atoms. The molecule has 2 heterocycles. The van der Waals surface area contributed by atoms with E-state index < -0.39 is 5.97 Å². The summed E-state index contributed by atoms with van der Waals surface area (Å²) in [6.45, 7) is 3.38. The molecule has 0 fully saturated rings. The van der Waals surface area contributed by atoms with E-state index in [9.17, 15) is 9.59 Å². The lowest BCUT2D eigenvalue weighted by atomic mass is 9.82. The number of carbonyl (C=O) groups is 1. The van der Waals surface area contributed by atoms with Crippen LogP contribution in [0, 0.1) is 0 Å². The largest absolute Gasteiger partial charge is 0.485 e. The van der Waals surface area contributed by atoms with Crippen molar-refractivity contribution in [3.63, 3.8) is 0 Å². The third-order valence-corrected chi connectivity index (χ3v) is 4.26. The summed E-state index contributed by atoms with van der Waals surface area (Å²) < 4.78 is 10.8. The Morgan fingerprint density at radius 2 is 2.39 bits per heavy atom. The average Bonchev–Trinajstić information content (AvgIpc) is 2.57. The number of aromatic nitrogens is 2. The van der Waals surface area contributed by atoms with Crippen molar-refractivity contribution in [2.24, 2.45) is 0 Å².